The third-order valence-corrected chi connectivity index (χ3v) is 5.54. The van der Waals surface area contributed by atoms with E-state index >= 15 is 0 Å². The number of allylic oxidation sites excluding steroid dienone is 1. The minimum Gasteiger partial charge on any atom is -0.548 e. The summed E-state index contributed by atoms with van der Waals surface area (Å²) in [5, 5.41) is 21.3. The van der Waals surface area contributed by atoms with Gasteiger partial charge in [0.05, 0.1) is 24.2 Å². The number of halogens is 1. The molecule has 1 aliphatic rings. The summed E-state index contributed by atoms with van der Waals surface area (Å²) in [6, 6.07) is 8.85. The van der Waals surface area contributed by atoms with Crippen LogP contribution in [0.25, 0.3) is 0 Å². The first-order valence-corrected chi connectivity index (χ1v) is 10.4. The number of carbonyl (C=O) groups is 2. The molecule has 0 saturated heterocycles. The van der Waals surface area contributed by atoms with E-state index in [0.717, 1.165) is 41.3 Å². The number of amides is 2. The van der Waals surface area contributed by atoms with Gasteiger partial charge in [-0.2, -0.15) is 5.10 Å². The molecule has 1 unspecified atom stereocenters. The molecule has 7 nitrogen and oxygen atoms in total. The van der Waals surface area contributed by atoms with E-state index in [-0.39, 0.29) is 57.8 Å². The minimum absolute atomic E-state index is 0. The molecule has 154 valence electrons. The van der Waals surface area contributed by atoms with Gasteiger partial charge >= 0.3 is 57.4 Å². The van der Waals surface area contributed by atoms with Gasteiger partial charge in [-0.3, -0.25) is 5.32 Å². The molecule has 1 atom stereocenters. The quantitative estimate of drug-likeness (QED) is 0.421. The van der Waals surface area contributed by atoms with Crippen LogP contribution in [0, 0.1) is 0 Å². The first-order valence-electron chi connectivity index (χ1n) is 9.60. The van der Waals surface area contributed by atoms with Gasteiger partial charge < -0.3 is 15.2 Å². The largest absolute Gasteiger partial charge is 1.00 e. The molecule has 30 heavy (non-hydrogen) atoms. The summed E-state index contributed by atoms with van der Waals surface area (Å²) in [6.45, 7) is 1.96. The van der Waals surface area contributed by atoms with Crippen molar-refractivity contribution in [1.29, 1.82) is 0 Å². The fraction of sp³-hybridized carbons (Fsp3) is 0.381. The van der Waals surface area contributed by atoms with Gasteiger partial charge in [-0.05, 0) is 56.7 Å². The Morgan fingerprint density at radius 2 is 1.97 bits per heavy atom. The van der Waals surface area contributed by atoms with E-state index < -0.39 is 17.5 Å². The van der Waals surface area contributed by atoms with E-state index in [1.165, 1.54) is 6.92 Å². The summed E-state index contributed by atoms with van der Waals surface area (Å²) in [6.07, 6.45) is 7.84. The van der Waals surface area contributed by atoms with Crippen LogP contribution in [0.4, 0.5) is 10.6 Å². The predicted molar refractivity (Wildman–Crippen MR) is 112 cm³/mol. The van der Waals surface area contributed by atoms with Crippen LogP contribution in [0.3, 0.4) is 0 Å². The zero-order valence-electron chi connectivity index (χ0n) is 17.3. The van der Waals surface area contributed by atoms with Gasteiger partial charge in [0.2, 0.25) is 0 Å². The number of carbonyl (C=O) groups excluding carboxylic acids is 2. The number of rotatable bonds is 7. The van der Waals surface area contributed by atoms with Gasteiger partial charge in [0.1, 0.15) is 5.82 Å². The Balaban J connectivity index is 0.00000320. The number of urea groups is 1. The standard InChI is InChI=1S/C21H25BrN4O3.K/c1-21(19(27)28,13-15-5-3-2-4-6-15)25-20(29)24-18-11-12-23-26(18)14-16-7-9-17(22)10-8-16;/h5,7-12H,2-4,6,13-14H2,1H3,(H,27,28)(H2,24,25,29);/q;+1/p-1. The summed E-state index contributed by atoms with van der Waals surface area (Å²) < 4.78 is 2.62. The molecule has 1 heterocycles. The van der Waals surface area contributed by atoms with Crippen LogP contribution in [-0.2, 0) is 11.3 Å². The number of anilines is 1. The van der Waals surface area contributed by atoms with Crippen LogP contribution >= 0.6 is 15.9 Å². The van der Waals surface area contributed by atoms with Crippen LogP contribution in [0.15, 0.2) is 52.7 Å². The van der Waals surface area contributed by atoms with Gasteiger partial charge in [-0.15, -0.1) is 0 Å². The molecular weight excluding hydrogens is 475 g/mol. The number of aromatic nitrogens is 2. The number of benzene rings is 1. The van der Waals surface area contributed by atoms with Crippen molar-refractivity contribution >= 4 is 33.7 Å². The van der Waals surface area contributed by atoms with Crippen LogP contribution in [0.5, 0.6) is 0 Å². The Labute approximate surface area is 227 Å². The third kappa shape index (κ3) is 7.03. The molecule has 1 aliphatic carbocycles. The number of aliphatic carboxylic acids is 1. The van der Waals surface area contributed by atoms with Crippen molar-refractivity contribution in [1.82, 2.24) is 15.1 Å². The van der Waals surface area contributed by atoms with E-state index in [0.29, 0.717) is 12.4 Å². The molecule has 2 N–H and O–H groups in total. The first kappa shape index (κ1) is 25.3. The minimum atomic E-state index is -1.48. The van der Waals surface area contributed by atoms with Crippen molar-refractivity contribution in [3.05, 3.63) is 58.2 Å². The second-order valence-electron chi connectivity index (χ2n) is 7.48. The summed E-state index contributed by atoms with van der Waals surface area (Å²) in [4.78, 5) is 24.3. The molecule has 0 spiro atoms. The molecule has 0 bridgehead atoms. The van der Waals surface area contributed by atoms with E-state index in [1.807, 2.05) is 24.3 Å². The zero-order valence-corrected chi connectivity index (χ0v) is 22.0. The fourth-order valence-corrected chi connectivity index (χ4v) is 3.68. The summed E-state index contributed by atoms with van der Waals surface area (Å²) in [5.41, 5.74) is 0.580. The number of hydrogen-bond acceptors (Lipinski definition) is 4. The van der Waals surface area contributed by atoms with Crippen LogP contribution in [0.1, 0.15) is 44.6 Å². The molecule has 9 heteroatoms. The molecule has 0 aliphatic heterocycles. The molecule has 0 saturated carbocycles. The normalized spacial score (nSPS) is 15.3. The third-order valence-electron chi connectivity index (χ3n) is 5.01. The zero-order chi connectivity index (χ0) is 20.9. The maximum atomic E-state index is 12.5. The molecule has 3 rings (SSSR count). The fourth-order valence-electron chi connectivity index (χ4n) is 3.41. The number of nitrogens with zero attached hydrogens (tertiary/aromatic N) is 2. The van der Waals surface area contributed by atoms with Crippen molar-refractivity contribution in [3.8, 4) is 0 Å². The van der Waals surface area contributed by atoms with Crippen molar-refractivity contribution < 1.29 is 66.1 Å². The van der Waals surface area contributed by atoms with E-state index in [2.05, 4.69) is 37.7 Å². The van der Waals surface area contributed by atoms with Gasteiger partial charge in [0, 0.05) is 10.5 Å². The molecule has 0 fully saturated rings. The van der Waals surface area contributed by atoms with Gasteiger partial charge in [-0.25, -0.2) is 9.48 Å². The number of carboxylic acids is 1. The van der Waals surface area contributed by atoms with Crippen LogP contribution in [-0.4, -0.2) is 27.3 Å². The maximum absolute atomic E-state index is 12.5. The Morgan fingerprint density at radius 3 is 2.60 bits per heavy atom. The smallest absolute Gasteiger partial charge is 0.548 e. The monoisotopic (exact) mass is 498 g/mol. The topological polar surface area (TPSA) is 99.1 Å². The molecule has 1 aromatic heterocycles. The van der Waals surface area contributed by atoms with Crippen molar-refractivity contribution in [2.45, 2.75) is 51.1 Å². The Hall–Kier alpha value is -0.974. The van der Waals surface area contributed by atoms with E-state index in [1.54, 1.807) is 16.9 Å². The summed E-state index contributed by atoms with van der Waals surface area (Å²) >= 11 is 3.40. The average Bonchev–Trinajstić information content (AvgIpc) is 3.10. The van der Waals surface area contributed by atoms with Gasteiger partial charge in [0.25, 0.3) is 0 Å². The van der Waals surface area contributed by atoms with E-state index in [4.69, 9.17) is 0 Å². The van der Waals surface area contributed by atoms with Crippen molar-refractivity contribution in [2.24, 2.45) is 0 Å². The number of nitrogens with one attached hydrogen (secondary N) is 2. The second kappa shape index (κ2) is 11.6. The molecule has 1 aromatic carbocycles. The molecular formula is C21H24BrKN4O3. The molecule has 0 radical (unpaired) electrons. The summed E-state index contributed by atoms with van der Waals surface area (Å²) in [5.74, 6) is -0.828. The predicted octanol–water partition coefficient (Wildman–Crippen LogP) is 0.219. The van der Waals surface area contributed by atoms with Crippen LogP contribution < -0.4 is 67.1 Å². The van der Waals surface area contributed by atoms with Crippen LogP contribution in [0.2, 0.25) is 0 Å². The first-order chi connectivity index (χ1) is 13.9. The summed E-state index contributed by atoms with van der Waals surface area (Å²) in [7, 11) is 0. The number of carboxylic acid groups (broad SMARTS) is 1. The Bertz CT molecular complexity index is 913. The molecule has 2 amide bonds. The van der Waals surface area contributed by atoms with Crippen molar-refractivity contribution in [2.75, 3.05) is 5.32 Å². The van der Waals surface area contributed by atoms with Crippen molar-refractivity contribution in [3.63, 3.8) is 0 Å². The van der Waals surface area contributed by atoms with Gasteiger partial charge in [0.15, 0.2) is 0 Å². The Kier molecular flexibility index (Phi) is 9.77. The molecule has 2 aromatic rings. The maximum Gasteiger partial charge on any atom is 1.00 e. The average molecular weight is 499 g/mol. The van der Waals surface area contributed by atoms with E-state index in [9.17, 15) is 14.7 Å². The SMILES string of the molecule is CC(CC1=CCCCC1)(NC(=O)Nc1ccnn1Cc1ccc(Br)cc1)C(=O)[O-].[K+]. The Morgan fingerprint density at radius 1 is 1.23 bits per heavy atom. The van der Waals surface area contributed by atoms with Gasteiger partial charge in [-0.1, -0.05) is 39.7 Å². The number of hydrogen-bond donors (Lipinski definition) is 2. The second-order valence-corrected chi connectivity index (χ2v) is 8.40.